The second-order valence-corrected chi connectivity index (χ2v) is 4.57. The summed E-state index contributed by atoms with van der Waals surface area (Å²) in [5.74, 6) is 3.78. The number of nitrogen functional groups attached to an aromatic ring is 1. The number of hydrogen-bond acceptors (Lipinski definition) is 2. The van der Waals surface area contributed by atoms with Crippen LogP contribution in [0, 0.1) is 19.3 Å². The van der Waals surface area contributed by atoms with E-state index in [-0.39, 0.29) is 0 Å². The number of nitrogens with two attached hydrogens (primary N) is 1. The Kier molecular flexibility index (Phi) is 3.51. The van der Waals surface area contributed by atoms with Crippen LogP contribution in [0.15, 0.2) is 18.2 Å². The first kappa shape index (κ1) is 12.8. The van der Waals surface area contributed by atoms with Crippen LogP contribution in [0.1, 0.15) is 5.82 Å². The van der Waals surface area contributed by atoms with Crippen LogP contribution in [0.3, 0.4) is 0 Å². The number of aromatic nitrogens is 2. The third kappa shape index (κ3) is 2.05. The van der Waals surface area contributed by atoms with E-state index in [0.29, 0.717) is 33.7 Å². The molecule has 0 fully saturated rings. The van der Waals surface area contributed by atoms with Crippen LogP contribution < -0.4 is 5.73 Å². The average molecular weight is 280 g/mol. The fraction of sp³-hybridized carbons (Fsp3) is 0.154. The minimum absolute atomic E-state index is 0.378. The zero-order valence-corrected chi connectivity index (χ0v) is 11.3. The van der Waals surface area contributed by atoms with E-state index >= 15 is 0 Å². The first-order valence-corrected chi connectivity index (χ1v) is 6.02. The van der Waals surface area contributed by atoms with Gasteiger partial charge in [-0.2, -0.15) is 0 Å². The minimum Gasteiger partial charge on any atom is -0.383 e. The smallest absolute Gasteiger partial charge is 0.132 e. The molecule has 0 aliphatic heterocycles. The molecule has 1 aromatic carbocycles. The Morgan fingerprint density at radius 2 is 2.17 bits per heavy atom. The highest BCUT2D eigenvalue weighted by Gasteiger charge is 2.16. The predicted molar refractivity (Wildman–Crippen MR) is 75.7 cm³/mol. The van der Waals surface area contributed by atoms with Crippen LogP contribution in [0.5, 0.6) is 0 Å². The van der Waals surface area contributed by atoms with Gasteiger partial charge in [0.1, 0.15) is 17.3 Å². The quantitative estimate of drug-likeness (QED) is 0.857. The van der Waals surface area contributed by atoms with E-state index in [9.17, 15) is 0 Å². The Morgan fingerprint density at radius 3 is 2.83 bits per heavy atom. The fourth-order valence-electron chi connectivity index (χ4n) is 1.76. The van der Waals surface area contributed by atoms with Gasteiger partial charge in [0.15, 0.2) is 0 Å². The van der Waals surface area contributed by atoms with Crippen molar-refractivity contribution in [2.45, 2.75) is 13.5 Å². The largest absolute Gasteiger partial charge is 0.383 e. The Bertz CT molecular complexity index is 638. The van der Waals surface area contributed by atoms with Gasteiger partial charge in [-0.25, -0.2) is 4.98 Å². The topological polar surface area (TPSA) is 43.8 Å². The van der Waals surface area contributed by atoms with E-state index in [1.165, 1.54) is 0 Å². The van der Waals surface area contributed by atoms with Crippen LogP contribution in [0.4, 0.5) is 5.82 Å². The molecule has 5 heteroatoms. The number of nitrogens with zero attached hydrogens (tertiary/aromatic N) is 2. The van der Waals surface area contributed by atoms with Crippen molar-refractivity contribution in [2.24, 2.45) is 0 Å². The average Bonchev–Trinajstić information content (AvgIpc) is 2.61. The third-order valence-electron chi connectivity index (χ3n) is 2.65. The van der Waals surface area contributed by atoms with E-state index in [1.54, 1.807) is 16.7 Å². The monoisotopic (exact) mass is 279 g/mol. The Balaban J connectivity index is 2.62. The number of imidazole rings is 1. The number of anilines is 1. The molecule has 1 aromatic heterocycles. The zero-order valence-electron chi connectivity index (χ0n) is 9.74. The number of rotatable bonds is 2. The van der Waals surface area contributed by atoms with Gasteiger partial charge in [0, 0.05) is 5.56 Å². The number of benzene rings is 1. The molecule has 0 spiro atoms. The summed E-state index contributed by atoms with van der Waals surface area (Å²) in [7, 11) is 0. The first-order valence-electron chi connectivity index (χ1n) is 5.26. The molecular weight excluding hydrogens is 269 g/mol. The van der Waals surface area contributed by atoms with Gasteiger partial charge in [0.05, 0.1) is 16.6 Å². The van der Waals surface area contributed by atoms with Crippen molar-refractivity contribution in [3.63, 3.8) is 0 Å². The third-order valence-corrected chi connectivity index (χ3v) is 3.47. The lowest BCUT2D eigenvalue weighted by molar-refractivity contribution is 0.807. The number of aryl methyl sites for hydroxylation is 1. The lowest BCUT2D eigenvalue weighted by Gasteiger charge is -2.05. The lowest BCUT2D eigenvalue weighted by atomic mass is 10.1. The van der Waals surface area contributed by atoms with Crippen LogP contribution in [-0.4, -0.2) is 9.55 Å². The number of terminal acetylenes is 1. The molecule has 3 nitrogen and oxygen atoms in total. The van der Waals surface area contributed by atoms with E-state index in [0.717, 1.165) is 5.82 Å². The standard InChI is InChI=1S/C13H11Cl2N3/c1-3-7-18-8(2)17-12(13(18)16)9-5-4-6-10(14)11(9)15/h1,4-6H,7,16H2,2H3. The maximum atomic E-state index is 6.16. The molecule has 0 amide bonds. The van der Waals surface area contributed by atoms with Crippen molar-refractivity contribution in [3.05, 3.63) is 34.1 Å². The van der Waals surface area contributed by atoms with Gasteiger partial charge < -0.3 is 10.3 Å². The van der Waals surface area contributed by atoms with Crippen LogP contribution in [-0.2, 0) is 6.54 Å². The van der Waals surface area contributed by atoms with Gasteiger partial charge in [-0.15, -0.1) is 6.42 Å². The molecule has 0 saturated heterocycles. The Hall–Kier alpha value is -1.63. The zero-order chi connectivity index (χ0) is 13.3. The molecule has 0 bridgehead atoms. The highest BCUT2D eigenvalue weighted by Crippen LogP contribution is 2.35. The van der Waals surface area contributed by atoms with Crippen molar-refractivity contribution in [1.29, 1.82) is 0 Å². The molecule has 92 valence electrons. The molecule has 0 atom stereocenters. The molecule has 0 aliphatic rings. The number of halogens is 2. The fourth-order valence-corrected chi connectivity index (χ4v) is 2.15. The Labute approximate surface area is 116 Å². The summed E-state index contributed by atoms with van der Waals surface area (Å²) in [4.78, 5) is 4.40. The molecule has 1 heterocycles. The summed E-state index contributed by atoms with van der Waals surface area (Å²) < 4.78 is 1.76. The maximum absolute atomic E-state index is 6.16. The SMILES string of the molecule is C#CCn1c(C)nc(-c2cccc(Cl)c2Cl)c1N. The van der Waals surface area contributed by atoms with Crippen molar-refractivity contribution >= 4 is 29.0 Å². The van der Waals surface area contributed by atoms with Crippen molar-refractivity contribution in [2.75, 3.05) is 5.73 Å². The van der Waals surface area contributed by atoms with Gasteiger partial charge in [0.2, 0.25) is 0 Å². The summed E-state index contributed by atoms with van der Waals surface area (Å²) in [6.45, 7) is 2.22. The van der Waals surface area contributed by atoms with Crippen LogP contribution in [0.2, 0.25) is 10.0 Å². The first-order chi connectivity index (χ1) is 8.56. The molecule has 0 saturated carbocycles. The van der Waals surface area contributed by atoms with Crippen molar-refractivity contribution in [3.8, 4) is 23.6 Å². The van der Waals surface area contributed by atoms with Crippen LogP contribution >= 0.6 is 23.2 Å². The lowest BCUT2D eigenvalue weighted by Crippen LogP contribution is -2.03. The van der Waals surface area contributed by atoms with E-state index in [1.807, 2.05) is 13.0 Å². The molecule has 2 aromatic rings. The summed E-state index contributed by atoms with van der Waals surface area (Å²) in [6.07, 6.45) is 5.30. The number of hydrogen-bond donors (Lipinski definition) is 1. The van der Waals surface area contributed by atoms with E-state index in [2.05, 4.69) is 10.9 Å². The maximum Gasteiger partial charge on any atom is 0.132 e. The van der Waals surface area contributed by atoms with Crippen LogP contribution in [0.25, 0.3) is 11.3 Å². The molecule has 2 N–H and O–H groups in total. The summed E-state index contributed by atoms with van der Waals surface area (Å²) in [5.41, 5.74) is 7.36. The van der Waals surface area contributed by atoms with Gasteiger partial charge in [-0.05, 0) is 13.0 Å². The highest BCUT2D eigenvalue weighted by molar-refractivity contribution is 6.43. The van der Waals surface area contributed by atoms with Crippen molar-refractivity contribution in [1.82, 2.24) is 9.55 Å². The van der Waals surface area contributed by atoms with E-state index in [4.69, 9.17) is 35.4 Å². The van der Waals surface area contributed by atoms with Gasteiger partial charge in [-0.1, -0.05) is 41.3 Å². The predicted octanol–water partition coefficient (Wildman–Crippen LogP) is 3.38. The Morgan fingerprint density at radius 1 is 1.44 bits per heavy atom. The van der Waals surface area contributed by atoms with E-state index < -0.39 is 0 Å². The summed E-state index contributed by atoms with van der Waals surface area (Å²) in [6, 6.07) is 5.35. The van der Waals surface area contributed by atoms with Crippen molar-refractivity contribution < 1.29 is 0 Å². The highest BCUT2D eigenvalue weighted by atomic mass is 35.5. The summed E-state index contributed by atoms with van der Waals surface area (Å²) >= 11 is 12.1. The molecule has 0 radical (unpaired) electrons. The molecule has 0 aliphatic carbocycles. The second-order valence-electron chi connectivity index (χ2n) is 3.78. The summed E-state index contributed by atoms with van der Waals surface area (Å²) in [5, 5.41) is 0.911. The van der Waals surface area contributed by atoms with Gasteiger partial charge in [-0.3, -0.25) is 0 Å². The van der Waals surface area contributed by atoms with Gasteiger partial charge in [0.25, 0.3) is 0 Å². The minimum atomic E-state index is 0.378. The van der Waals surface area contributed by atoms with Gasteiger partial charge >= 0.3 is 0 Å². The molecule has 0 unspecified atom stereocenters. The molecule has 18 heavy (non-hydrogen) atoms. The second kappa shape index (κ2) is 4.93. The normalized spacial score (nSPS) is 10.3. The molecular formula is C13H11Cl2N3. The molecule has 2 rings (SSSR count).